The van der Waals surface area contributed by atoms with Gasteiger partial charge in [0.15, 0.2) is 12.4 Å². The Labute approximate surface area is 189 Å². The van der Waals surface area contributed by atoms with E-state index in [1.807, 2.05) is 13.0 Å². The minimum Gasteiger partial charge on any atom is -0.458 e. The molecule has 0 spiro atoms. The van der Waals surface area contributed by atoms with Gasteiger partial charge in [0.05, 0.1) is 6.10 Å². The first kappa shape index (κ1) is 23.3. The fraction of sp³-hybridized carbons (Fsp3) is 0.720. The maximum absolute atomic E-state index is 13.4. The average Bonchev–Trinajstić information content (AvgIpc) is 3.03. The van der Waals surface area contributed by atoms with Gasteiger partial charge in [-0.3, -0.25) is 14.4 Å². The number of carbonyl (C=O) groups excluding carboxylic acids is 3. The Hall–Kier alpha value is -1.83. The number of rotatable bonds is 6. The Morgan fingerprint density at radius 1 is 1.25 bits per heavy atom. The first-order chi connectivity index (χ1) is 15.1. The molecule has 0 bridgehead atoms. The van der Waals surface area contributed by atoms with Gasteiger partial charge in [-0.05, 0) is 56.1 Å². The summed E-state index contributed by atoms with van der Waals surface area (Å²) in [4.78, 5) is 36.8. The Morgan fingerprint density at radius 3 is 2.69 bits per heavy atom. The van der Waals surface area contributed by atoms with Gasteiger partial charge >= 0.3 is 5.97 Å². The fourth-order valence-corrected chi connectivity index (χ4v) is 7.53. The first-order valence-corrected chi connectivity index (χ1v) is 11.5. The number of carbonyl (C=O) groups is 3. The standard InChI is InChI=1S/C25H34O7/c1-15(26)31-13-21(29)25(32-14-30-4)10-8-19-18-6-5-16-11-17(27)7-9-23(16,2)22(18)20(28)12-24(19,25)3/h7,9,11,18-20,22,28H,5-6,8,10,12-14H2,1-4H3/t18-,19-,20-,22+,23-,24-,25-/m0/s1. The van der Waals surface area contributed by atoms with Crippen LogP contribution in [0.1, 0.15) is 52.9 Å². The lowest BCUT2D eigenvalue weighted by Gasteiger charge is -2.60. The van der Waals surface area contributed by atoms with Crippen molar-refractivity contribution >= 4 is 17.5 Å². The molecular formula is C25H34O7. The van der Waals surface area contributed by atoms with E-state index in [0.29, 0.717) is 12.8 Å². The first-order valence-electron chi connectivity index (χ1n) is 11.5. The van der Waals surface area contributed by atoms with Gasteiger partial charge in [0.25, 0.3) is 0 Å². The summed E-state index contributed by atoms with van der Waals surface area (Å²) < 4.78 is 16.4. The zero-order chi connectivity index (χ0) is 23.3. The lowest BCUT2D eigenvalue weighted by molar-refractivity contribution is -0.215. The number of hydrogen-bond donors (Lipinski definition) is 1. The molecule has 0 radical (unpaired) electrons. The molecule has 0 aromatic rings. The van der Waals surface area contributed by atoms with Gasteiger partial charge in [0.2, 0.25) is 5.78 Å². The summed E-state index contributed by atoms with van der Waals surface area (Å²) >= 11 is 0. The van der Waals surface area contributed by atoms with Crippen molar-refractivity contribution in [2.24, 2.45) is 28.6 Å². The molecule has 7 atom stereocenters. The van der Waals surface area contributed by atoms with Crippen LogP contribution >= 0.6 is 0 Å². The van der Waals surface area contributed by atoms with E-state index in [9.17, 15) is 19.5 Å². The molecule has 0 aromatic heterocycles. The molecule has 0 saturated heterocycles. The number of Topliss-reactive ketones (excluding diaryl/α,β-unsaturated/α-hetero) is 1. The van der Waals surface area contributed by atoms with E-state index in [-0.39, 0.29) is 48.1 Å². The molecule has 0 amide bonds. The zero-order valence-corrected chi connectivity index (χ0v) is 19.4. The summed E-state index contributed by atoms with van der Waals surface area (Å²) in [5.74, 6) is -0.438. The lowest BCUT2D eigenvalue weighted by Crippen LogP contribution is -2.62. The highest BCUT2D eigenvalue weighted by Crippen LogP contribution is 2.67. The maximum Gasteiger partial charge on any atom is 0.303 e. The Kier molecular flexibility index (Phi) is 5.97. The lowest BCUT2D eigenvalue weighted by atomic mass is 9.46. The summed E-state index contributed by atoms with van der Waals surface area (Å²) in [5.41, 5.74) is -1.06. The molecule has 4 aliphatic rings. The van der Waals surface area contributed by atoms with Gasteiger partial charge in [-0.15, -0.1) is 0 Å². The molecule has 4 aliphatic carbocycles. The normalized spacial score (nSPS) is 42.5. The SMILES string of the molecule is COCO[C@]1(C(=O)COC(C)=O)CC[C@H]2[C@@H]3CCC4=CC(=O)C=C[C@]4(C)[C@H]3[C@@H](O)C[C@@]21C. The van der Waals surface area contributed by atoms with Crippen molar-refractivity contribution in [3.63, 3.8) is 0 Å². The van der Waals surface area contributed by atoms with Gasteiger partial charge in [-0.1, -0.05) is 25.5 Å². The number of hydrogen-bond acceptors (Lipinski definition) is 7. The van der Waals surface area contributed by atoms with Crippen molar-refractivity contribution in [3.05, 3.63) is 23.8 Å². The second-order valence-electron chi connectivity index (χ2n) is 10.3. The number of methoxy groups -OCH3 is 1. The second kappa shape index (κ2) is 8.19. The van der Waals surface area contributed by atoms with Crippen LogP contribution in [0.25, 0.3) is 0 Å². The number of ketones is 2. The van der Waals surface area contributed by atoms with Crippen LogP contribution in [-0.4, -0.2) is 54.9 Å². The summed E-state index contributed by atoms with van der Waals surface area (Å²) in [5, 5.41) is 11.5. The van der Waals surface area contributed by atoms with E-state index < -0.39 is 23.1 Å². The third-order valence-corrected chi connectivity index (χ3v) is 8.90. The van der Waals surface area contributed by atoms with Crippen molar-refractivity contribution in [1.82, 2.24) is 0 Å². The van der Waals surface area contributed by atoms with Crippen LogP contribution in [-0.2, 0) is 28.6 Å². The van der Waals surface area contributed by atoms with Crippen molar-refractivity contribution in [3.8, 4) is 0 Å². The van der Waals surface area contributed by atoms with Crippen LogP contribution < -0.4 is 0 Å². The van der Waals surface area contributed by atoms with E-state index in [4.69, 9.17) is 14.2 Å². The Bertz CT molecular complexity index is 876. The van der Waals surface area contributed by atoms with E-state index in [1.54, 1.807) is 12.2 Å². The highest BCUT2D eigenvalue weighted by atomic mass is 16.7. The molecule has 32 heavy (non-hydrogen) atoms. The summed E-state index contributed by atoms with van der Waals surface area (Å²) in [7, 11) is 1.51. The molecule has 0 heterocycles. The number of aliphatic hydroxyl groups excluding tert-OH is 1. The molecule has 4 rings (SSSR count). The van der Waals surface area contributed by atoms with E-state index in [1.165, 1.54) is 14.0 Å². The van der Waals surface area contributed by atoms with Crippen LogP contribution in [0.3, 0.4) is 0 Å². The van der Waals surface area contributed by atoms with Crippen LogP contribution in [0.4, 0.5) is 0 Å². The molecular weight excluding hydrogens is 412 g/mol. The van der Waals surface area contributed by atoms with Gasteiger partial charge < -0.3 is 19.3 Å². The molecule has 3 fully saturated rings. The quantitative estimate of drug-likeness (QED) is 0.495. The summed E-state index contributed by atoms with van der Waals surface area (Å²) in [6.45, 7) is 5.05. The largest absolute Gasteiger partial charge is 0.458 e. The topological polar surface area (TPSA) is 99.1 Å². The number of ether oxygens (including phenoxy) is 3. The molecule has 0 unspecified atom stereocenters. The van der Waals surface area contributed by atoms with Crippen molar-refractivity contribution in [2.75, 3.05) is 20.5 Å². The number of aliphatic hydroxyl groups is 1. The highest BCUT2D eigenvalue weighted by molar-refractivity contribution is 6.01. The smallest absolute Gasteiger partial charge is 0.303 e. The molecule has 7 heteroatoms. The Morgan fingerprint density at radius 2 is 2.00 bits per heavy atom. The minimum absolute atomic E-state index is 0.00924. The van der Waals surface area contributed by atoms with Crippen molar-refractivity contribution < 1.29 is 33.7 Å². The average molecular weight is 447 g/mol. The van der Waals surface area contributed by atoms with Gasteiger partial charge in [-0.25, -0.2) is 0 Å². The molecule has 176 valence electrons. The molecule has 3 saturated carbocycles. The number of allylic oxidation sites excluding steroid dienone is 4. The maximum atomic E-state index is 13.4. The van der Waals surface area contributed by atoms with E-state index in [0.717, 1.165) is 24.8 Å². The predicted molar refractivity (Wildman–Crippen MR) is 115 cm³/mol. The third-order valence-electron chi connectivity index (χ3n) is 8.90. The second-order valence-corrected chi connectivity index (χ2v) is 10.3. The van der Waals surface area contributed by atoms with Gasteiger partial charge in [0, 0.05) is 30.8 Å². The van der Waals surface area contributed by atoms with Gasteiger partial charge in [0.1, 0.15) is 12.4 Å². The summed E-state index contributed by atoms with van der Waals surface area (Å²) in [6.07, 6.45) is 8.04. The number of fused-ring (bicyclic) bond motifs is 5. The molecule has 1 N–H and O–H groups in total. The Balaban J connectivity index is 1.70. The van der Waals surface area contributed by atoms with E-state index >= 15 is 0 Å². The molecule has 0 aliphatic heterocycles. The van der Waals surface area contributed by atoms with E-state index in [2.05, 4.69) is 6.92 Å². The molecule has 0 aromatic carbocycles. The predicted octanol–water partition coefficient (Wildman–Crippen LogP) is 2.76. The fourth-order valence-electron chi connectivity index (χ4n) is 7.53. The summed E-state index contributed by atoms with van der Waals surface area (Å²) in [6, 6.07) is 0. The monoisotopic (exact) mass is 446 g/mol. The van der Waals surface area contributed by atoms with Crippen molar-refractivity contribution in [1.29, 1.82) is 0 Å². The molecule has 7 nitrogen and oxygen atoms in total. The number of esters is 1. The zero-order valence-electron chi connectivity index (χ0n) is 19.4. The van der Waals surface area contributed by atoms with Crippen LogP contribution in [0, 0.1) is 28.6 Å². The van der Waals surface area contributed by atoms with Crippen LogP contribution in [0.15, 0.2) is 23.8 Å². The van der Waals surface area contributed by atoms with Crippen LogP contribution in [0.2, 0.25) is 0 Å². The van der Waals surface area contributed by atoms with Crippen molar-refractivity contribution in [2.45, 2.75) is 64.6 Å². The van der Waals surface area contributed by atoms with Crippen LogP contribution in [0.5, 0.6) is 0 Å². The minimum atomic E-state index is -1.18. The highest BCUT2D eigenvalue weighted by Gasteiger charge is 2.69. The van der Waals surface area contributed by atoms with Gasteiger partial charge in [-0.2, -0.15) is 0 Å². The third kappa shape index (κ3) is 3.32.